The highest BCUT2D eigenvalue weighted by Crippen LogP contribution is 2.34. The molecule has 1 aromatic heterocycles. The van der Waals surface area contributed by atoms with E-state index >= 15 is 0 Å². The summed E-state index contributed by atoms with van der Waals surface area (Å²) in [6.45, 7) is 0.229. The number of hydrogen-bond acceptors (Lipinski definition) is 4. The number of carbonyl (C=O) groups is 3. The molecule has 0 bridgehead atoms. The first-order valence-corrected chi connectivity index (χ1v) is 10.7. The first kappa shape index (κ1) is 20.6. The molecule has 0 radical (unpaired) electrons. The van der Waals surface area contributed by atoms with Crippen LogP contribution in [0.5, 0.6) is 5.88 Å². The molecule has 2 heterocycles. The predicted molar refractivity (Wildman–Crippen MR) is 125 cm³/mol. The second kappa shape index (κ2) is 8.31. The average molecular weight is 442 g/mol. The summed E-state index contributed by atoms with van der Waals surface area (Å²) in [6, 6.07) is 17.9. The first-order chi connectivity index (χ1) is 16.0. The summed E-state index contributed by atoms with van der Waals surface area (Å²) in [4.78, 5) is 36.3. The van der Waals surface area contributed by atoms with E-state index in [-0.39, 0.29) is 30.8 Å². The van der Waals surface area contributed by atoms with Gasteiger partial charge in [-0.15, -0.1) is 0 Å². The number of amides is 4. The van der Waals surface area contributed by atoms with E-state index in [1.807, 2.05) is 48.5 Å². The van der Waals surface area contributed by atoms with Gasteiger partial charge in [0.15, 0.2) is 5.88 Å². The van der Waals surface area contributed by atoms with Crippen LogP contribution in [0.2, 0.25) is 0 Å². The van der Waals surface area contributed by atoms with Gasteiger partial charge in [0.2, 0.25) is 11.8 Å². The van der Waals surface area contributed by atoms with Crippen molar-refractivity contribution in [3.8, 4) is 5.88 Å². The maximum absolute atomic E-state index is 12.6. The monoisotopic (exact) mass is 442 g/mol. The zero-order valence-corrected chi connectivity index (χ0v) is 17.7. The third-order valence-electron chi connectivity index (χ3n) is 5.97. The molecule has 8 nitrogen and oxygen atoms in total. The van der Waals surface area contributed by atoms with Crippen molar-refractivity contribution < 1.29 is 19.5 Å². The van der Waals surface area contributed by atoms with Crippen molar-refractivity contribution in [3.63, 3.8) is 0 Å². The van der Waals surface area contributed by atoms with Crippen LogP contribution >= 0.6 is 0 Å². The molecule has 33 heavy (non-hydrogen) atoms. The lowest BCUT2D eigenvalue weighted by molar-refractivity contribution is -0.135. The van der Waals surface area contributed by atoms with Crippen LogP contribution in [-0.2, 0) is 16.1 Å². The van der Waals surface area contributed by atoms with Crippen molar-refractivity contribution >= 4 is 45.1 Å². The quantitative estimate of drug-likeness (QED) is 0.360. The maximum Gasteiger partial charge on any atom is 0.319 e. The Bertz CT molecular complexity index is 1400. The second-order valence-corrected chi connectivity index (χ2v) is 8.04. The SMILES string of the molecule is O=C1CCC(n2cc3c(CNC(=O)Nc4cccc5ccccc45)cccc3c2O)C(=O)N1. The molecular weight excluding hydrogens is 420 g/mol. The number of hydrogen-bond donors (Lipinski definition) is 4. The van der Waals surface area contributed by atoms with Gasteiger partial charge in [-0.25, -0.2) is 4.79 Å². The van der Waals surface area contributed by atoms with Crippen LogP contribution in [-0.4, -0.2) is 27.5 Å². The van der Waals surface area contributed by atoms with Crippen molar-refractivity contribution in [1.82, 2.24) is 15.2 Å². The summed E-state index contributed by atoms with van der Waals surface area (Å²) in [5, 5.41) is 22.1. The van der Waals surface area contributed by atoms with Gasteiger partial charge in [-0.1, -0.05) is 48.5 Å². The molecule has 4 N–H and O–H groups in total. The van der Waals surface area contributed by atoms with Gasteiger partial charge >= 0.3 is 6.03 Å². The molecule has 4 aromatic rings. The maximum atomic E-state index is 12.6. The Morgan fingerprint density at radius 2 is 1.76 bits per heavy atom. The number of rotatable bonds is 4. The third kappa shape index (κ3) is 3.87. The molecule has 8 heteroatoms. The molecule has 0 saturated carbocycles. The molecule has 1 aliphatic rings. The number of nitrogens with zero attached hydrogens (tertiary/aromatic N) is 1. The Labute approximate surface area is 189 Å². The Balaban J connectivity index is 1.35. The molecule has 1 unspecified atom stereocenters. The number of aromatic nitrogens is 1. The van der Waals surface area contributed by atoms with Crippen molar-refractivity contribution in [1.29, 1.82) is 0 Å². The number of urea groups is 1. The molecule has 1 atom stereocenters. The van der Waals surface area contributed by atoms with Crippen LogP contribution in [0.25, 0.3) is 21.5 Å². The number of aromatic hydroxyl groups is 1. The van der Waals surface area contributed by atoms with Crippen LogP contribution in [0.15, 0.2) is 66.9 Å². The van der Waals surface area contributed by atoms with Crippen molar-refractivity contribution in [2.24, 2.45) is 0 Å². The predicted octanol–water partition coefficient (Wildman–Crippen LogP) is 3.80. The van der Waals surface area contributed by atoms with E-state index < -0.39 is 11.9 Å². The fourth-order valence-electron chi connectivity index (χ4n) is 4.32. The van der Waals surface area contributed by atoms with Gasteiger partial charge in [-0.2, -0.15) is 0 Å². The Kier molecular flexibility index (Phi) is 5.18. The Morgan fingerprint density at radius 1 is 1.00 bits per heavy atom. The number of anilines is 1. The second-order valence-electron chi connectivity index (χ2n) is 8.04. The molecule has 0 aliphatic carbocycles. The van der Waals surface area contributed by atoms with Crippen molar-refractivity contribution in [2.45, 2.75) is 25.4 Å². The number of nitrogens with one attached hydrogen (secondary N) is 3. The van der Waals surface area contributed by atoms with Gasteiger partial charge in [0.25, 0.3) is 0 Å². The van der Waals surface area contributed by atoms with Crippen LogP contribution in [0.4, 0.5) is 10.5 Å². The highest BCUT2D eigenvalue weighted by molar-refractivity contribution is 6.02. The summed E-state index contributed by atoms with van der Waals surface area (Å²) >= 11 is 0. The lowest BCUT2D eigenvalue weighted by Gasteiger charge is -2.22. The summed E-state index contributed by atoms with van der Waals surface area (Å²) in [5.74, 6) is -0.785. The third-order valence-corrected chi connectivity index (χ3v) is 5.97. The largest absolute Gasteiger partial charge is 0.494 e. The molecule has 166 valence electrons. The zero-order valence-electron chi connectivity index (χ0n) is 17.7. The summed E-state index contributed by atoms with van der Waals surface area (Å²) in [7, 11) is 0. The average Bonchev–Trinajstić information content (AvgIpc) is 3.15. The summed E-state index contributed by atoms with van der Waals surface area (Å²) in [6.07, 6.45) is 2.23. The van der Waals surface area contributed by atoms with Crippen molar-refractivity contribution in [2.75, 3.05) is 5.32 Å². The van der Waals surface area contributed by atoms with Gasteiger partial charge in [0, 0.05) is 35.3 Å². The molecular formula is C25H22N4O4. The standard InChI is InChI=1S/C25H22N4O4/c30-22-12-11-21(23(31)28-22)29-14-19-16(7-3-9-18(19)24(29)32)13-26-25(33)27-20-10-4-6-15-5-1-2-8-17(15)20/h1-10,14,21,32H,11-13H2,(H2,26,27,33)(H,28,30,31). The molecule has 5 rings (SSSR count). The van der Waals surface area contributed by atoms with E-state index in [0.717, 1.165) is 21.7 Å². The van der Waals surface area contributed by atoms with Crippen LogP contribution in [0, 0.1) is 0 Å². The topological polar surface area (TPSA) is 112 Å². The minimum absolute atomic E-state index is 0.0402. The molecule has 0 spiro atoms. The van der Waals surface area contributed by atoms with E-state index in [1.165, 1.54) is 4.57 Å². The lowest BCUT2D eigenvalue weighted by atomic mass is 10.1. The van der Waals surface area contributed by atoms with Gasteiger partial charge in [0.05, 0.1) is 5.69 Å². The highest BCUT2D eigenvalue weighted by atomic mass is 16.3. The zero-order chi connectivity index (χ0) is 22.9. The van der Waals surface area contributed by atoms with Crippen LogP contribution < -0.4 is 16.0 Å². The Morgan fingerprint density at radius 3 is 2.61 bits per heavy atom. The van der Waals surface area contributed by atoms with E-state index in [1.54, 1.807) is 18.3 Å². The van der Waals surface area contributed by atoms with Gasteiger partial charge in [-0.05, 0) is 29.5 Å². The fourth-order valence-corrected chi connectivity index (χ4v) is 4.32. The number of piperidine rings is 1. The minimum atomic E-state index is -0.662. The fraction of sp³-hybridized carbons (Fsp3) is 0.160. The summed E-state index contributed by atoms with van der Waals surface area (Å²) in [5.41, 5.74) is 1.51. The number of imide groups is 1. The molecule has 1 saturated heterocycles. The first-order valence-electron chi connectivity index (χ1n) is 10.7. The molecule has 3 aromatic carbocycles. The van der Waals surface area contributed by atoms with E-state index in [4.69, 9.17) is 0 Å². The molecule has 1 fully saturated rings. The number of benzene rings is 3. The number of fused-ring (bicyclic) bond motifs is 2. The van der Waals surface area contributed by atoms with Gasteiger partial charge in [0.1, 0.15) is 6.04 Å². The lowest BCUT2D eigenvalue weighted by Crippen LogP contribution is -2.41. The normalized spacial score (nSPS) is 16.1. The molecule has 1 aliphatic heterocycles. The number of carbonyl (C=O) groups excluding carboxylic acids is 3. The highest BCUT2D eigenvalue weighted by Gasteiger charge is 2.30. The Hall–Kier alpha value is -4.33. The van der Waals surface area contributed by atoms with E-state index in [9.17, 15) is 19.5 Å². The van der Waals surface area contributed by atoms with Crippen molar-refractivity contribution in [3.05, 3.63) is 72.4 Å². The van der Waals surface area contributed by atoms with Crippen LogP contribution in [0.3, 0.4) is 0 Å². The van der Waals surface area contributed by atoms with Crippen LogP contribution in [0.1, 0.15) is 24.4 Å². The van der Waals surface area contributed by atoms with Gasteiger partial charge in [-0.3, -0.25) is 14.9 Å². The molecule has 4 amide bonds. The summed E-state index contributed by atoms with van der Waals surface area (Å²) < 4.78 is 1.49. The van der Waals surface area contributed by atoms with E-state index in [2.05, 4.69) is 16.0 Å². The smallest absolute Gasteiger partial charge is 0.319 e. The minimum Gasteiger partial charge on any atom is -0.494 e. The van der Waals surface area contributed by atoms with E-state index in [0.29, 0.717) is 17.5 Å². The van der Waals surface area contributed by atoms with Gasteiger partial charge < -0.3 is 20.3 Å².